The molecule has 1 heterocycles. The number of hydrogen-bond donors (Lipinski definition) is 0. The zero-order valence-corrected chi connectivity index (χ0v) is 30.0. The van der Waals surface area contributed by atoms with Gasteiger partial charge in [-0.1, -0.05) is 164 Å². The van der Waals surface area contributed by atoms with Crippen molar-refractivity contribution < 1.29 is 4.42 Å². The summed E-state index contributed by atoms with van der Waals surface area (Å²) >= 11 is 0. The number of hydrogen-bond acceptors (Lipinski definition) is 1. The first-order chi connectivity index (χ1) is 27.2. The van der Waals surface area contributed by atoms with Gasteiger partial charge in [0.05, 0.1) is 0 Å². The quantitative estimate of drug-likeness (QED) is 0.163. The van der Waals surface area contributed by atoms with Gasteiger partial charge in [-0.25, -0.2) is 0 Å². The van der Waals surface area contributed by atoms with Gasteiger partial charge in [-0.2, -0.15) is 0 Å². The third kappa shape index (κ3) is 5.40. The Morgan fingerprint density at radius 2 is 0.491 bits per heavy atom. The van der Waals surface area contributed by atoms with E-state index in [2.05, 4.69) is 206 Å². The van der Waals surface area contributed by atoms with E-state index in [0.717, 1.165) is 21.9 Å². The van der Waals surface area contributed by atoms with E-state index in [-0.39, 0.29) is 0 Å². The number of rotatable bonds is 5. The molecule has 1 heteroatoms. The fourth-order valence-electron chi connectivity index (χ4n) is 8.47. The van der Waals surface area contributed by atoms with Crippen molar-refractivity contribution in [2.75, 3.05) is 0 Å². The van der Waals surface area contributed by atoms with Crippen molar-refractivity contribution >= 4 is 54.3 Å². The van der Waals surface area contributed by atoms with Crippen molar-refractivity contribution in [1.29, 1.82) is 0 Å². The Morgan fingerprint density at radius 1 is 0.182 bits per heavy atom. The van der Waals surface area contributed by atoms with Crippen LogP contribution in [-0.4, -0.2) is 0 Å². The zero-order chi connectivity index (χ0) is 36.3. The molecule has 0 atom stereocenters. The second kappa shape index (κ2) is 12.7. The van der Waals surface area contributed by atoms with Crippen LogP contribution in [0.1, 0.15) is 0 Å². The minimum Gasteiger partial charge on any atom is -0.456 e. The van der Waals surface area contributed by atoms with Crippen molar-refractivity contribution in [3.05, 3.63) is 206 Å². The Labute approximate surface area is 319 Å². The van der Waals surface area contributed by atoms with Gasteiger partial charge in [0.15, 0.2) is 0 Å². The van der Waals surface area contributed by atoms with Crippen molar-refractivity contribution in [1.82, 2.24) is 0 Å². The average Bonchev–Trinajstić information content (AvgIpc) is 3.64. The van der Waals surface area contributed by atoms with E-state index in [9.17, 15) is 0 Å². The lowest BCUT2D eigenvalue weighted by molar-refractivity contribution is 0.669. The van der Waals surface area contributed by atoms with Crippen molar-refractivity contribution in [3.8, 4) is 55.6 Å². The molecule has 0 amide bonds. The van der Waals surface area contributed by atoms with Crippen LogP contribution in [0.3, 0.4) is 0 Å². The van der Waals surface area contributed by atoms with Crippen LogP contribution < -0.4 is 0 Å². The molecule has 55 heavy (non-hydrogen) atoms. The molecule has 0 bridgehead atoms. The van der Waals surface area contributed by atoms with Crippen LogP contribution in [0.25, 0.3) is 110 Å². The van der Waals surface area contributed by atoms with Gasteiger partial charge in [0.25, 0.3) is 0 Å². The lowest BCUT2D eigenvalue weighted by Crippen LogP contribution is -1.86. The van der Waals surface area contributed by atoms with Crippen LogP contribution in [0.2, 0.25) is 0 Å². The maximum Gasteiger partial charge on any atom is 0.135 e. The van der Waals surface area contributed by atoms with Gasteiger partial charge in [-0.3, -0.25) is 0 Å². The molecule has 1 nitrogen and oxygen atoms in total. The summed E-state index contributed by atoms with van der Waals surface area (Å²) in [5.41, 5.74) is 13.8. The molecular formula is C54H34O. The van der Waals surface area contributed by atoms with Gasteiger partial charge in [-0.05, 0) is 130 Å². The van der Waals surface area contributed by atoms with Crippen LogP contribution in [0.5, 0.6) is 0 Å². The van der Waals surface area contributed by atoms with Gasteiger partial charge < -0.3 is 4.42 Å². The normalized spacial score (nSPS) is 11.6. The van der Waals surface area contributed by atoms with Gasteiger partial charge in [0.1, 0.15) is 11.2 Å². The number of fused-ring (bicyclic) bond motifs is 9. The third-order valence-corrected chi connectivity index (χ3v) is 11.3. The largest absolute Gasteiger partial charge is 0.456 e. The fourth-order valence-corrected chi connectivity index (χ4v) is 8.47. The molecule has 0 saturated heterocycles. The molecule has 256 valence electrons. The monoisotopic (exact) mass is 698 g/mol. The molecule has 11 rings (SSSR count). The minimum absolute atomic E-state index is 0.896. The highest BCUT2D eigenvalue weighted by molar-refractivity contribution is 6.25. The highest BCUT2D eigenvalue weighted by atomic mass is 16.3. The van der Waals surface area contributed by atoms with Crippen LogP contribution in [-0.2, 0) is 0 Å². The molecule has 10 aromatic carbocycles. The summed E-state index contributed by atoms with van der Waals surface area (Å²) in [5, 5.41) is 9.99. The molecule has 0 aliphatic carbocycles. The first-order valence-corrected chi connectivity index (χ1v) is 18.9. The topological polar surface area (TPSA) is 13.1 Å². The highest BCUT2D eigenvalue weighted by Gasteiger charge is 2.13. The summed E-state index contributed by atoms with van der Waals surface area (Å²) in [6, 6.07) is 74.7. The maximum absolute atomic E-state index is 6.37. The molecule has 0 aliphatic rings. The number of furan rings is 1. The Balaban J connectivity index is 0.949. The Kier molecular flexibility index (Phi) is 7.25. The molecule has 0 radical (unpaired) electrons. The molecule has 0 fully saturated rings. The number of benzene rings is 10. The van der Waals surface area contributed by atoms with Crippen molar-refractivity contribution in [3.63, 3.8) is 0 Å². The van der Waals surface area contributed by atoms with Crippen molar-refractivity contribution in [2.24, 2.45) is 0 Å². The third-order valence-electron chi connectivity index (χ3n) is 11.3. The molecule has 0 saturated carbocycles. The predicted molar refractivity (Wildman–Crippen MR) is 233 cm³/mol. The Hall–Kier alpha value is -7.22. The fraction of sp³-hybridized carbons (Fsp3) is 0. The minimum atomic E-state index is 0.896. The Morgan fingerprint density at radius 3 is 1.00 bits per heavy atom. The standard InChI is InChI=1S/C54H34O/c1-2-10-35(11-3-1)36-20-22-37(23-21-36)38-12-8-13-39(30-38)43-25-28-53-51(33-43)52-34-44(26-29-54(52)55-53)41-15-9-14-40(31-41)42-24-27-49-47-18-5-4-16-45(47)46-17-6-7-19-48(46)50(49)32-42/h1-34H. The summed E-state index contributed by atoms with van der Waals surface area (Å²) in [6.07, 6.45) is 0. The van der Waals surface area contributed by atoms with Gasteiger partial charge in [0, 0.05) is 10.8 Å². The molecular weight excluding hydrogens is 665 g/mol. The zero-order valence-electron chi connectivity index (χ0n) is 30.0. The second-order valence-electron chi connectivity index (χ2n) is 14.5. The molecule has 0 aliphatic heterocycles. The van der Waals surface area contributed by atoms with Crippen LogP contribution >= 0.6 is 0 Å². The van der Waals surface area contributed by atoms with E-state index in [1.54, 1.807) is 0 Å². The lowest BCUT2D eigenvalue weighted by Gasteiger charge is -2.12. The maximum atomic E-state index is 6.37. The summed E-state index contributed by atoms with van der Waals surface area (Å²) < 4.78 is 6.37. The van der Waals surface area contributed by atoms with Crippen LogP contribution in [0, 0.1) is 0 Å². The van der Waals surface area contributed by atoms with E-state index in [1.807, 2.05) is 0 Å². The van der Waals surface area contributed by atoms with Gasteiger partial charge >= 0.3 is 0 Å². The summed E-state index contributed by atoms with van der Waals surface area (Å²) in [6.45, 7) is 0. The predicted octanol–water partition coefficient (Wildman–Crippen LogP) is 15.4. The average molecular weight is 699 g/mol. The Bertz CT molecular complexity index is 3200. The van der Waals surface area contributed by atoms with Crippen LogP contribution in [0.4, 0.5) is 0 Å². The molecule has 0 unspecified atom stereocenters. The van der Waals surface area contributed by atoms with E-state index >= 15 is 0 Å². The second-order valence-corrected chi connectivity index (χ2v) is 14.5. The summed E-state index contributed by atoms with van der Waals surface area (Å²) in [5.74, 6) is 0. The van der Waals surface area contributed by atoms with E-state index in [1.165, 1.54) is 88.0 Å². The van der Waals surface area contributed by atoms with Gasteiger partial charge in [0.2, 0.25) is 0 Å². The SMILES string of the molecule is c1ccc(-c2ccc(-c3cccc(-c4ccc5oc6ccc(-c7cccc(-c8ccc9c%10ccccc%10c%10ccccc%10c9c8)c7)cc6c5c4)c3)cc2)cc1. The molecule has 1 aromatic heterocycles. The van der Waals surface area contributed by atoms with E-state index < -0.39 is 0 Å². The van der Waals surface area contributed by atoms with Crippen LogP contribution in [0.15, 0.2) is 211 Å². The smallest absolute Gasteiger partial charge is 0.135 e. The summed E-state index contributed by atoms with van der Waals surface area (Å²) in [4.78, 5) is 0. The van der Waals surface area contributed by atoms with Gasteiger partial charge in [-0.15, -0.1) is 0 Å². The first kappa shape index (κ1) is 31.3. The van der Waals surface area contributed by atoms with E-state index in [0.29, 0.717) is 0 Å². The molecule has 0 spiro atoms. The summed E-state index contributed by atoms with van der Waals surface area (Å²) in [7, 11) is 0. The van der Waals surface area contributed by atoms with Crippen molar-refractivity contribution in [2.45, 2.75) is 0 Å². The lowest BCUT2D eigenvalue weighted by atomic mass is 9.91. The van der Waals surface area contributed by atoms with E-state index in [4.69, 9.17) is 4.42 Å². The molecule has 11 aromatic rings. The highest BCUT2D eigenvalue weighted by Crippen LogP contribution is 2.39. The first-order valence-electron chi connectivity index (χ1n) is 18.9. The molecule has 0 N–H and O–H groups in total.